The average molecular weight is 299 g/mol. The fourth-order valence-electron chi connectivity index (χ4n) is 1.73. The largest absolute Gasteiger partial charge is 0.507 e. The number of hydrogen-bond acceptors (Lipinski definition) is 7. The summed E-state index contributed by atoms with van der Waals surface area (Å²) in [7, 11) is 0. The third kappa shape index (κ3) is 2.56. The molecule has 8 heteroatoms. The Morgan fingerprint density at radius 2 is 2.14 bits per heavy atom. The van der Waals surface area contributed by atoms with Gasteiger partial charge in [-0.15, -0.1) is 10.2 Å². The number of fused-ring (bicyclic) bond motifs is 1. The van der Waals surface area contributed by atoms with Crippen molar-refractivity contribution in [3.05, 3.63) is 42.1 Å². The Balaban J connectivity index is 1.96. The van der Waals surface area contributed by atoms with Gasteiger partial charge in [0.1, 0.15) is 5.75 Å². The number of carbonyl (C=O) groups is 1. The maximum absolute atomic E-state index is 11.2. The van der Waals surface area contributed by atoms with Gasteiger partial charge in [-0.2, -0.15) is 4.37 Å². The Labute approximate surface area is 122 Å². The van der Waals surface area contributed by atoms with Crippen molar-refractivity contribution in [2.24, 2.45) is 16.0 Å². The second-order valence-corrected chi connectivity index (χ2v) is 4.88. The van der Waals surface area contributed by atoms with Crippen LogP contribution in [0, 0.1) is 0 Å². The molecule has 0 atom stereocenters. The molecule has 0 fully saturated rings. The molecule has 2 heterocycles. The van der Waals surface area contributed by atoms with Gasteiger partial charge in [-0.3, -0.25) is 4.79 Å². The van der Waals surface area contributed by atoms with Crippen LogP contribution >= 0.6 is 11.5 Å². The second-order valence-electron chi connectivity index (χ2n) is 4.13. The molecule has 0 saturated carbocycles. The summed E-state index contributed by atoms with van der Waals surface area (Å²) in [5.74, 6) is -0.911. The van der Waals surface area contributed by atoms with Crippen LogP contribution in [0.25, 0.3) is 11.0 Å². The molecule has 3 aromatic rings. The van der Waals surface area contributed by atoms with Gasteiger partial charge in [0.15, 0.2) is 10.6 Å². The summed E-state index contributed by atoms with van der Waals surface area (Å²) in [4.78, 5) is 15.3. The number of nitrogens with zero attached hydrogens (tertiary/aromatic N) is 4. The fraction of sp³-hybridized carbons (Fsp3) is 0. The minimum absolute atomic E-state index is 0.00211. The first-order valence-corrected chi connectivity index (χ1v) is 6.67. The first kappa shape index (κ1) is 13.1. The zero-order valence-corrected chi connectivity index (χ0v) is 11.4. The molecule has 1 amide bonds. The number of hydrogen-bond donors (Lipinski definition) is 2. The van der Waals surface area contributed by atoms with Crippen LogP contribution in [0.4, 0.5) is 10.7 Å². The van der Waals surface area contributed by atoms with E-state index in [1.165, 1.54) is 29.7 Å². The number of phenols is 1. The summed E-state index contributed by atoms with van der Waals surface area (Å²) in [6.45, 7) is 0. The molecular formula is C13H9N5O2S. The normalized spacial score (nSPS) is 11.2. The lowest BCUT2D eigenvalue weighted by Gasteiger charge is -2.00. The number of azo groups is 1. The molecule has 0 bridgehead atoms. The van der Waals surface area contributed by atoms with Crippen LogP contribution in [0.1, 0.15) is 10.4 Å². The van der Waals surface area contributed by atoms with Gasteiger partial charge in [-0.05, 0) is 41.9 Å². The first-order valence-electron chi connectivity index (χ1n) is 5.90. The molecule has 7 nitrogen and oxygen atoms in total. The van der Waals surface area contributed by atoms with E-state index in [4.69, 9.17) is 5.73 Å². The topological polar surface area (TPSA) is 114 Å². The SMILES string of the molecule is NC(=O)c1cc(/N=N/c2snc3ncccc23)ccc1O. The Kier molecular flexibility index (Phi) is 3.28. The molecular weight excluding hydrogens is 290 g/mol. The number of carbonyl (C=O) groups excluding carboxylic acids is 1. The Bertz CT molecular complexity index is 859. The number of rotatable bonds is 3. The highest BCUT2D eigenvalue weighted by Crippen LogP contribution is 2.31. The van der Waals surface area contributed by atoms with Gasteiger partial charge in [0.2, 0.25) is 0 Å². The summed E-state index contributed by atoms with van der Waals surface area (Å²) in [5, 5.41) is 19.1. The van der Waals surface area contributed by atoms with Crippen molar-refractivity contribution in [2.45, 2.75) is 0 Å². The summed E-state index contributed by atoms with van der Waals surface area (Å²) in [5.41, 5.74) is 6.18. The average Bonchev–Trinajstić information content (AvgIpc) is 2.89. The molecule has 0 unspecified atom stereocenters. The van der Waals surface area contributed by atoms with Crippen molar-refractivity contribution in [1.82, 2.24) is 9.36 Å². The molecule has 3 N–H and O–H groups in total. The van der Waals surface area contributed by atoms with Crippen LogP contribution in [0.3, 0.4) is 0 Å². The maximum Gasteiger partial charge on any atom is 0.252 e. The van der Waals surface area contributed by atoms with Crippen LogP contribution in [0.15, 0.2) is 46.8 Å². The number of amides is 1. The first-order chi connectivity index (χ1) is 10.1. The summed E-state index contributed by atoms with van der Waals surface area (Å²) >= 11 is 1.18. The zero-order chi connectivity index (χ0) is 14.8. The summed E-state index contributed by atoms with van der Waals surface area (Å²) in [6.07, 6.45) is 1.65. The van der Waals surface area contributed by atoms with Gasteiger partial charge in [-0.1, -0.05) is 0 Å². The highest BCUT2D eigenvalue weighted by Gasteiger charge is 2.09. The fourth-order valence-corrected chi connectivity index (χ4v) is 2.38. The molecule has 21 heavy (non-hydrogen) atoms. The highest BCUT2D eigenvalue weighted by molar-refractivity contribution is 7.11. The van der Waals surface area contributed by atoms with E-state index >= 15 is 0 Å². The molecule has 0 saturated heterocycles. The van der Waals surface area contributed by atoms with E-state index in [1.807, 2.05) is 6.07 Å². The van der Waals surface area contributed by atoms with Gasteiger partial charge in [0, 0.05) is 6.20 Å². The lowest BCUT2D eigenvalue weighted by Crippen LogP contribution is -2.10. The van der Waals surface area contributed by atoms with Gasteiger partial charge in [-0.25, -0.2) is 4.98 Å². The second kappa shape index (κ2) is 5.25. The zero-order valence-electron chi connectivity index (χ0n) is 10.6. The number of primary amides is 1. The predicted molar refractivity (Wildman–Crippen MR) is 78.2 cm³/mol. The molecule has 0 aliphatic rings. The van der Waals surface area contributed by atoms with Crippen molar-refractivity contribution in [3.8, 4) is 5.75 Å². The molecule has 0 aliphatic carbocycles. The molecule has 0 aliphatic heterocycles. The Hall–Kier alpha value is -2.87. The predicted octanol–water partition coefficient (Wildman–Crippen LogP) is 2.91. The minimum Gasteiger partial charge on any atom is -0.507 e. The van der Waals surface area contributed by atoms with Crippen LogP contribution in [-0.4, -0.2) is 20.4 Å². The molecule has 2 aromatic heterocycles. The van der Waals surface area contributed by atoms with Crippen LogP contribution in [0.2, 0.25) is 0 Å². The Morgan fingerprint density at radius 3 is 2.95 bits per heavy atom. The van der Waals surface area contributed by atoms with E-state index in [0.29, 0.717) is 16.3 Å². The number of nitrogens with two attached hydrogens (primary N) is 1. The Morgan fingerprint density at radius 1 is 1.29 bits per heavy atom. The standard InChI is InChI=1S/C13H9N5O2S/c14-11(20)9-6-7(3-4-10(9)19)16-17-13-8-2-1-5-15-12(8)18-21-13/h1-6,19H,(H2,14,20)/b17-16+. The molecule has 0 spiro atoms. The third-order valence-corrected chi connectivity index (χ3v) is 3.48. The van der Waals surface area contributed by atoms with Gasteiger partial charge in [0.25, 0.3) is 5.91 Å². The monoisotopic (exact) mass is 299 g/mol. The van der Waals surface area contributed by atoms with Crippen molar-refractivity contribution < 1.29 is 9.90 Å². The third-order valence-electron chi connectivity index (χ3n) is 2.74. The van der Waals surface area contributed by atoms with E-state index in [-0.39, 0.29) is 11.3 Å². The minimum atomic E-state index is -0.725. The van der Waals surface area contributed by atoms with Crippen molar-refractivity contribution in [3.63, 3.8) is 0 Å². The lowest BCUT2D eigenvalue weighted by atomic mass is 10.2. The number of aromatic nitrogens is 2. The summed E-state index contributed by atoms with van der Waals surface area (Å²) in [6, 6.07) is 7.91. The summed E-state index contributed by atoms with van der Waals surface area (Å²) < 4.78 is 4.15. The number of aromatic hydroxyl groups is 1. The van der Waals surface area contributed by atoms with E-state index in [9.17, 15) is 9.90 Å². The van der Waals surface area contributed by atoms with E-state index < -0.39 is 5.91 Å². The van der Waals surface area contributed by atoms with Crippen LogP contribution in [-0.2, 0) is 0 Å². The van der Waals surface area contributed by atoms with E-state index in [1.54, 1.807) is 12.3 Å². The van der Waals surface area contributed by atoms with Crippen molar-refractivity contribution >= 4 is 39.2 Å². The van der Waals surface area contributed by atoms with Crippen molar-refractivity contribution in [2.75, 3.05) is 0 Å². The smallest absolute Gasteiger partial charge is 0.252 e. The van der Waals surface area contributed by atoms with Crippen LogP contribution < -0.4 is 5.73 Å². The van der Waals surface area contributed by atoms with E-state index in [0.717, 1.165) is 5.39 Å². The lowest BCUT2D eigenvalue weighted by molar-refractivity contribution is 0.0998. The van der Waals surface area contributed by atoms with Gasteiger partial charge in [0.05, 0.1) is 16.6 Å². The molecule has 1 aromatic carbocycles. The van der Waals surface area contributed by atoms with Gasteiger partial charge < -0.3 is 10.8 Å². The maximum atomic E-state index is 11.2. The van der Waals surface area contributed by atoms with Crippen LogP contribution in [0.5, 0.6) is 5.75 Å². The quantitative estimate of drug-likeness (QED) is 0.723. The molecule has 0 radical (unpaired) electrons. The number of benzene rings is 1. The molecule has 3 rings (SSSR count). The van der Waals surface area contributed by atoms with Crippen molar-refractivity contribution in [1.29, 1.82) is 0 Å². The van der Waals surface area contributed by atoms with E-state index in [2.05, 4.69) is 19.6 Å². The molecule has 104 valence electrons. The highest BCUT2D eigenvalue weighted by atomic mass is 32.1. The number of pyridine rings is 1. The van der Waals surface area contributed by atoms with Gasteiger partial charge >= 0.3 is 0 Å².